The van der Waals surface area contributed by atoms with Gasteiger partial charge in [0.2, 0.25) is 0 Å². The van der Waals surface area contributed by atoms with E-state index in [2.05, 4.69) is 20.9 Å². The van der Waals surface area contributed by atoms with Crippen molar-refractivity contribution in [1.29, 1.82) is 5.41 Å². The highest BCUT2D eigenvalue weighted by Gasteiger charge is 2.14. The van der Waals surface area contributed by atoms with Crippen molar-refractivity contribution in [1.82, 2.24) is 4.98 Å². The Morgan fingerprint density at radius 2 is 2.00 bits per heavy atom. The Kier molecular flexibility index (Phi) is 4.04. The fraction of sp³-hybridized carbons (Fsp3) is 0.143. The van der Waals surface area contributed by atoms with Crippen molar-refractivity contribution in [3.8, 4) is 11.5 Å². The molecule has 0 radical (unpaired) electrons. The lowest BCUT2D eigenvalue weighted by atomic mass is 10.1. The van der Waals surface area contributed by atoms with E-state index in [0.29, 0.717) is 27.2 Å². The first kappa shape index (κ1) is 14.5. The van der Waals surface area contributed by atoms with Crippen LogP contribution < -0.4 is 10.5 Å². The number of hydrogen-bond acceptors (Lipinski definition) is 3. The topological polar surface area (TPSA) is 72.0 Å². The summed E-state index contributed by atoms with van der Waals surface area (Å²) < 4.78 is 19.6. The third-order valence-electron chi connectivity index (χ3n) is 2.63. The average Bonchev–Trinajstić information content (AvgIpc) is 2.25. The summed E-state index contributed by atoms with van der Waals surface area (Å²) in [7, 11) is 0. The molecule has 0 aliphatic carbocycles. The van der Waals surface area contributed by atoms with Crippen molar-refractivity contribution in [2.45, 2.75) is 13.8 Å². The maximum absolute atomic E-state index is 13.4. The van der Waals surface area contributed by atoms with Crippen LogP contribution in [0.15, 0.2) is 28.7 Å². The molecule has 0 atom stereocenters. The average molecular weight is 338 g/mol. The molecule has 104 valence electrons. The Bertz CT molecular complexity index is 668. The van der Waals surface area contributed by atoms with Crippen molar-refractivity contribution >= 4 is 21.8 Å². The number of aromatic nitrogens is 1. The maximum Gasteiger partial charge on any atom is 0.141 e. The molecule has 0 amide bonds. The van der Waals surface area contributed by atoms with Gasteiger partial charge in [0, 0.05) is 22.3 Å². The van der Waals surface area contributed by atoms with E-state index >= 15 is 0 Å². The van der Waals surface area contributed by atoms with E-state index in [-0.39, 0.29) is 5.84 Å². The van der Waals surface area contributed by atoms with E-state index in [1.807, 2.05) is 6.92 Å². The zero-order valence-corrected chi connectivity index (χ0v) is 12.6. The zero-order valence-electron chi connectivity index (χ0n) is 11.0. The SMILES string of the molecule is Cc1cc(Oc2cc(F)cc(Br)c2)c(C(=N)N)c(C)n1. The normalized spacial score (nSPS) is 10.4. The van der Waals surface area contributed by atoms with Gasteiger partial charge in [0.25, 0.3) is 0 Å². The Hall–Kier alpha value is -1.95. The third-order valence-corrected chi connectivity index (χ3v) is 3.08. The Labute approximate surface area is 124 Å². The number of amidine groups is 1. The number of halogens is 2. The summed E-state index contributed by atoms with van der Waals surface area (Å²) >= 11 is 3.20. The molecular formula is C14H13BrFN3O. The monoisotopic (exact) mass is 337 g/mol. The first-order valence-corrected chi connectivity index (χ1v) is 6.62. The summed E-state index contributed by atoms with van der Waals surface area (Å²) in [6, 6.07) is 5.90. The van der Waals surface area contributed by atoms with Crippen LogP contribution in [0.5, 0.6) is 11.5 Å². The fourth-order valence-corrected chi connectivity index (χ4v) is 2.36. The van der Waals surface area contributed by atoms with Crippen LogP contribution in [0.2, 0.25) is 0 Å². The van der Waals surface area contributed by atoms with Crippen LogP contribution in [-0.4, -0.2) is 10.8 Å². The number of pyridine rings is 1. The highest BCUT2D eigenvalue weighted by atomic mass is 79.9. The van der Waals surface area contributed by atoms with E-state index in [1.54, 1.807) is 19.1 Å². The predicted octanol–water partition coefficient (Wildman–Crippen LogP) is 3.68. The largest absolute Gasteiger partial charge is 0.456 e. The molecule has 1 aromatic carbocycles. The smallest absolute Gasteiger partial charge is 0.141 e. The van der Waals surface area contributed by atoms with Gasteiger partial charge in [-0.2, -0.15) is 0 Å². The predicted molar refractivity (Wildman–Crippen MR) is 78.9 cm³/mol. The summed E-state index contributed by atoms with van der Waals surface area (Å²) in [5, 5.41) is 7.61. The van der Waals surface area contributed by atoms with Crippen LogP contribution in [-0.2, 0) is 0 Å². The van der Waals surface area contributed by atoms with Crippen LogP contribution in [0.4, 0.5) is 4.39 Å². The lowest BCUT2D eigenvalue weighted by Gasteiger charge is -2.13. The minimum absolute atomic E-state index is 0.138. The first-order valence-electron chi connectivity index (χ1n) is 5.83. The van der Waals surface area contributed by atoms with E-state index < -0.39 is 5.82 Å². The number of nitrogen functional groups attached to an aromatic ring is 1. The van der Waals surface area contributed by atoms with Crippen molar-refractivity contribution in [2.24, 2.45) is 5.73 Å². The van der Waals surface area contributed by atoms with Crippen LogP contribution in [0.1, 0.15) is 17.0 Å². The molecule has 4 nitrogen and oxygen atoms in total. The van der Waals surface area contributed by atoms with Gasteiger partial charge in [0.15, 0.2) is 0 Å². The number of aryl methyl sites for hydroxylation is 2. The Morgan fingerprint density at radius 1 is 1.30 bits per heavy atom. The van der Waals surface area contributed by atoms with Crippen LogP contribution in [0, 0.1) is 25.1 Å². The van der Waals surface area contributed by atoms with Gasteiger partial charge in [-0.05, 0) is 26.0 Å². The molecule has 6 heteroatoms. The number of rotatable bonds is 3. The van der Waals surface area contributed by atoms with Crippen molar-refractivity contribution < 1.29 is 9.13 Å². The quantitative estimate of drug-likeness (QED) is 0.662. The molecule has 2 aromatic rings. The molecule has 0 aliphatic rings. The first-order chi connectivity index (χ1) is 9.36. The summed E-state index contributed by atoms with van der Waals surface area (Å²) in [5.41, 5.74) is 7.31. The minimum atomic E-state index is -0.416. The number of nitrogens with one attached hydrogen (secondary N) is 1. The second kappa shape index (κ2) is 5.58. The van der Waals surface area contributed by atoms with E-state index in [9.17, 15) is 4.39 Å². The number of nitrogens with two attached hydrogens (primary N) is 1. The number of nitrogens with zero attached hydrogens (tertiary/aromatic N) is 1. The van der Waals surface area contributed by atoms with E-state index in [4.69, 9.17) is 15.9 Å². The highest BCUT2D eigenvalue weighted by Crippen LogP contribution is 2.29. The van der Waals surface area contributed by atoms with Crippen molar-refractivity contribution in [2.75, 3.05) is 0 Å². The van der Waals surface area contributed by atoms with Crippen LogP contribution in [0.3, 0.4) is 0 Å². The lowest BCUT2D eigenvalue weighted by Crippen LogP contribution is -2.15. The van der Waals surface area contributed by atoms with Gasteiger partial charge < -0.3 is 10.5 Å². The Morgan fingerprint density at radius 3 is 2.60 bits per heavy atom. The van der Waals surface area contributed by atoms with Gasteiger partial charge >= 0.3 is 0 Å². The van der Waals surface area contributed by atoms with Gasteiger partial charge in [0.1, 0.15) is 23.2 Å². The number of benzene rings is 1. The molecule has 0 fully saturated rings. The molecule has 0 aliphatic heterocycles. The van der Waals surface area contributed by atoms with Gasteiger partial charge in [0.05, 0.1) is 11.3 Å². The van der Waals surface area contributed by atoms with Crippen LogP contribution >= 0.6 is 15.9 Å². The molecule has 3 N–H and O–H groups in total. The van der Waals surface area contributed by atoms with Gasteiger partial charge in [-0.15, -0.1) is 0 Å². The highest BCUT2D eigenvalue weighted by molar-refractivity contribution is 9.10. The molecule has 0 unspecified atom stereocenters. The summed E-state index contributed by atoms with van der Waals surface area (Å²) in [5.74, 6) is 0.158. The molecule has 0 saturated heterocycles. The minimum Gasteiger partial charge on any atom is -0.456 e. The summed E-state index contributed by atoms with van der Waals surface area (Å²) in [4.78, 5) is 4.25. The lowest BCUT2D eigenvalue weighted by molar-refractivity contribution is 0.473. The molecular weight excluding hydrogens is 325 g/mol. The Balaban J connectivity index is 2.49. The molecule has 1 heterocycles. The second-order valence-corrected chi connectivity index (χ2v) is 5.26. The van der Waals surface area contributed by atoms with Gasteiger partial charge in [-0.3, -0.25) is 10.4 Å². The van der Waals surface area contributed by atoms with E-state index in [1.165, 1.54) is 12.1 Å². The molecule has 0 spiro atoms. The molecule has 0 bridgehead atoms. The second-order valence-electron chi connectivity index (χ2n) is 4.34. The van der Waals surface area contributed by atoms with Crippen LogP contribution in [0.25, 0.3) is 0 Å². The van der Waals surface area contributed by atoms with Crippen molar-refractivity contribution in [3.05, 3.63) is 51.5 Å². The van der Waals surface area contributed by atoms with Gasteiger partial charge in [-0.25, -0.2) is 4.39 Å². The van der Waals surface area contributed by atoms with E-state index in [0.717, 1.165) is 5.69 Å². The summed E-state index contributed by atoms with van der Waals surface area (Å²) in [6.45, 7) is 3.56. The maximum atomic E-state index is 13.4. The molecule has 1 aromatic heterocycles. The van der Waals surface area contributed by atoms with Gasteiger partial charge in [-0.1, -0.05) is 15.9 Å². The van der Waals surface area contributed by atoms with Crippen molar-refractivity contribution in [3.63, 3.8) is 0 Å². The fourth-order valence-electron chi connectivity index (χ4n) is 1.92. The third kappa shape index (κ3) is 3.14. The number of hydrogen-bond donors (Lipinski definition) is 2. The molecule has 20 heavy (non-hydrogen) atoms. The summed E-state index contributed by atoms with van der Waals surface area (Å²) in [6.07, 6.45) is 0. The molecule has 0 saturated carbocycles. The number of ether oxygens (including phenoxy) is 1. The zero-order chi connectivity index (χ0) is 14.9. The molecule has 2 rings (SSSR count). The standard InChI is InChI=1S/C14H13BrFN3O/c1-7-3-12(13(14(17)18)8(2)19-7)20-11-5-9(15)4-10(16)6-11/h3-6H,1-2H3,(H3,17,18).